The van der Waals surface area contributed by atoms with E-state index in [-0.39, 0.29) is 5.92 Å². The number of hydrogen-bond donors (Lipinski definition) is 1. The molecule has 0 saturated carbocycles. The Hall–Kier alpha value is -0.570. The van der Waals surface area contributed by atoms with Crippen molar-refractivity contribution in [1.29, 1.82) is 0 Å². The lowest BCUT2D eigenvalue weighted by Crippen LogP contribution is -2.44. The van der Waals surface area contributed by atoms with E-state index in [0.717, 1.165) is 38.9 Å². The van der Waals surface area contributed by atoms with Crippen LogP contribution >= 0.6 is 0 Å². The van der Waals surface area contributed by atoms with Crippen molar-refractivity contribution in [2.24, 2.45) is 11.8 Å². The first kappa shape index (κ1) is 12.5. The Morgan fingerprint density at radius 3 is 2.80 bits per heavy atom. The molecule has 3 nitrogen and oxygen atoms in total. The molecule has 0 aromatic carbocycles. The maximum absolute atomic E-state index is 12.0. The van der Waals surface area contributed by atoms with E-state index in [2.05, 4.69) is 19.2 Å². The highest BCUT2D eigenvalue weighted by Gasteiger charge is 2.26. The number of piperidine rings is 1. The minimum Gasteiger partial charge on any atom is -0.345 e. The Labute approximate surface area is 93.2 Å². The van der Waals surface area contributed by atoms with Crippen molar-refractivity contribution in [3.05, 3.63) is 0 Å². The molecule has 0 radical (unpaired) electrons. The summed E-state index contributed by atoms with van der Waals surface area (Å²) in [5, 5.41) is 3.33. The Morgan fingerprint density at radius 2 is 2.20 bits per heavy atom. The zero-order chi connectivity index (χ0) is 11.3. The van der Waals surface area contributed by atoms with Crippen LogP contribution in [0.5, 0.6) is 0 Å². The summed E-state index contributed by atoms with van der Waals surface area (Å²) in [5.41, 5.74) is 0. The Morgan fingerprint density at radius 1 is 1.47 bits per heavy atom. The molecule has 1 aliphatic heterocycles. The molecule has 0 spiro atoms. The molecule has 1 amide bonds. The lowest BCUT2D eigenvalue weighted by atomic mass is 9.91. The molecule has 0 aromatic heterocycles. The van der Waals surface area contributed by atoms with E-state index in [4.69, 9.17) is 0 Å². The van der Waals surface area contributed by atoms with Crippen molar-refractivity contribution in [2.45, 2.75) is 33.1 Å². The number of unbranched alkanes of at least 4 members (excludes halogenated alkanes) is 1. The topological polar surface area (TPSA) is 32.3 Å². The zero-order valence-electron chi connectivity index (χ0n) is 10.3. The third kappa shape index (κ3) is 3.82. The van der Waals surface area contributed by atoms with Crippen LogP contribution < -0.4 is 5.32 Å². The van der Waals surface area contributed by atoms with Crippen molar-refractivity contribution in [3.63, 3.8) is 0 Å². The summed E-state index contributed by atoms with van der Waals surface area (Å²) < 4.78 is 0. The summed E-state index contributed by atoms with van der Waals surface area (Å²) in [6.07, 6.45) is 3.30. The Kier molecular flexibility index (Phi) is 5.09. The minimum atomic E-state index is 0.204. The van der Waals surface area contributed by atoms with Crippen LogP contribution in [0.1, 0.15) is 33.1 Å². The van der Waals surface area contributed by atoms with Crippen molar-refractivity contribution in [1.82, 2.24) is 10.2 Å². The van der Waals surface area contributed by atoms with Crippen LogP contribution in [0.2, 0.25) is 0 Å². The molecule has 2 atom stereocenters. The lowest BCUT2D eigenvalue weighted by Gasteiger charge is -2.30. The van der Waals surface area contributed by atoms with Gasteiger partial charge >= 0.3 is 0 Å². The molecule has 1 aliphatic rings. The van der Waals surface area contributed by atoms with Gasteiger partial charge in [-0.3, -0.25) is 4.79 Å². The Bertz CT molecular complexity index is 206. The lowest BCUT2D eigenvalue weighted by molar-refractivity contribution is -0.135. The molecule has 15 heavy (non-hydrogen) atoms. The van der Waals surface area contributed by atoms with Gasteiger partial charge in [0.15, 0.2) is 0 Å². The normalized spacial score (nSPS) is 26.3. The van der Waals surface area contributed by atoms with E-state index in [1.54, 1.807) is 0 Å². The van der Waals surface area contributed by atoms with E-state index in [0.29, 0.717) is 11.8 Å². The first-order valence-electron chi connectivity index (χ1n) is 6.10. The Balaban J connectivity index is 2.37. The van der Waals surface area contributed by atoms with Gasteiger partial charge in [0.1, 0.15) is 0 Å². The van der Waals surface area contributed by atoms with Crippen LogP contribution in [0.25, 0.3) is 0 Å². The number of carbonyl (C=O) groups excluding carboxylic acids is 1. The van der Waals surface area contributed by atoms with E-state index in [9.17, 15) is 4.79 Å². The van der Waals surface area contributed by atoms with Gasteiger partial charge in [-0.25, -0.2) is 0 Å². The quantitative estimate of drug-likeness (QED) is 0.766. The van der Waals surface area contributed by atoms with Crippen LogP contribution in [-0.2, 0) is 4.79 Å². The van der Waals surface area contributed by atoms with Crippen LogP contribution in [0.4, 0.5) is 0 Å². The number of nitrogens with zero attached hydrogens (tertiary/aromatic N) is 1. The standard InChI is InChI=1S/C12H24N2O/c1-4-5-6-14(3)12(15)11-7-10(2)8-13-9-11/h10-11,13H,4-9H2,1-3H3. The molecular weight excluding hydrogens is 188 g/mol. The van der Waals surface area contributed by atoms with Crippen LogP contribution in [-0.4, -0.2) is 37.5 Å². The van der Waals surface area contributed by atoms with E-state index < -0.39 is 0 Å². The molecule has 2 unspecified atom stereocenters. The monoisotopic (exact) mass is 212 g/mol. The fourth-order valence-electron chi connectivity index (χ4n) is 2.16. The summed E-state index contributed by atoms with van der Waals surface area (Å²) >= 11 is 0. The third-order valence-electron chi connectivity index (χ3n) is 3.14. The fourth-order valence-corrected chi connectivity index (χ4v) is 2.16. The first-order valence-corrected chi connectivity index (χ1v) is 6.10. The molecule has 1 N–H and O–H groups in total. The first-order chi connectivity index (χ1) is 7.15. The molecule has 1 heterocycles. The van der Waals surface area contributed by atoms with Gasteiger partial charge in [-0.05, 0) is 25.3 Å². The fraction of sp³-hybridized carbons (Fsp3) is 0.917. The predicted octanol–water partition coefficient (Wildman–Crippen LogP) is 1.49. The van der Waals surface area contributed by atoms with E-state index in [1.807, 2.05) is 11.9 Å². The maximum atomic E-state index is 12.0. The van der Waals surface area contributed by atoms with Gasteiger partial charge in [-0.1, -0.05) is 20.3 Å². The van der Waals surface area contributed by atoms with Gasteiger partial charge in [-0.15, -0.1) is 0 Å². The summed E-state index contributed by atoms with van der Waals surface area (Å²) in [5.74, 6) is 1.16. The molecule has 0 bridgehead atoms. The van der Waals surface area contributed by atoms with Gasteiger partial charge < -0.3 is 10.2 Å². The smallest absolute Gasteiger partial charge is 0.226 e. The highest BCUT2D eigenvalue weighted by molar-refractivity contribution is 5.78. The third-order valence-corrected chi connectivity index (χ3v) is 3.14. The van der Waals surface area contributed by atoms with Crippen molar-refractivity contribution in [3.8, 4) is 0 Å². The molecule has 1 rings (SSSR count). The molecule has 1 saturated heterocycles. The molecule has 88 valence electrons. The highest BCUT2D eigenvalue weighted by atomic mass is 16.2. The summed E-state index contributed by atoms with van der Waals surface area (Å²) in [4.78, 5) is 13.9. The average Bonchev–Trinajstić information content (AvgIpc) is 2.24. The number of amides is 1. The van der Waals surface area contributed by atoms with E-state index in [1.165, 1.54) is 0 Å². The predicted molar refractivity (Wildman–Crippen MR) is 62.7 cm³/mol. The van der Waals surface area contributed by atoms with Crippen molar-refractivity contribution < 1.29 is 4.79 Å². The second kappa shape index (κ2) is 6.11. The van der Waals surface area contributed by atoms with Gasteiger partial charge in [0.2, 0.25) is 5.91 Å². The molecule has 0 aromatic rings. The molecule has 0 aliphatic carbocycles. The highest BCUT2D eigenvalue weighted by Crippen LogP contribution is 2.17. The van der Waals surface area contributed by atoms with Crippen molar-refractivity contribution in [2.75, 3.05) is 26.7 Å². The number of carbonyl (C=O) groups is 1. The number of rotatable bonds is 4. The second-order valence-corrected chi connectivity index (χ2v) is 4.81. The number of hydrogen-bond acceptors (Lipinski definition) is 2. The van der Waals surface area contributed by atoms with Crippen LogP contribution in [0.15, 0.2) is 0 Å². The minimum absolute atomic E-state index is 0.204. The van der Waals surface area contributed by atoms with Gasteiger partial charge in [-0.2, -0.15) is 0 Å². The summed E-state index contributed by atoms with van der Waals surface area (Å²) in [7, 11) is 1.93. The second-order valence-electron chi connectivity index (χ2n) is 4.81. The largest absolute Gasteiger partial charge is 0.345 e. The van der Waals surface area contributed by atoms with Gasteiger partial charge in [0.25, 0.3) is 0 Å². The SMILES string of the molecule is CCCCN(C)C(=O)C1CNCC(C)C1. The van der Waals surface area contributed by atoms with Crippen LogP contribution in [0.3, 0.4) is 0 Å². The maximum Gasteiger partial charge on any atom is 0.226 e. The van der Waals surface area contributed by atoms with Crippen LogP contribution in [0, 0.1) is 11.8 Å². The summed E-state index contributed by atoms with van der Waals surface area (Å²) in [6.45, 7) is 7.18. The zero-order valence-corrected chi connectivity index (χ0v) is 10.3. The molecular formula is C12H24N2O. The molecule has 1 fully saturated rings. The summed E-state index contributed by atoms with van der Waals surface area (Å²) in [6, 6.07) is 0. The van der Waals surface area contributed by atoms with Gasteiger partial charge in [0, 0.05) is 20.1 Å². The number of nitrogens with one attached hydrogen (secondary N) is 1. The van der Waals surface area contributed by atoms with Gasteiger partial charge in [0.05, 0.1) is 5.92 Å². The van der Waals surface area contributed by atoms with Crippen molar-refractivity contribution >= 4 is 5.91 Å². The molecule has 3 heteroatoms. The van der Waals surface area contributed by atoms with E-state index >= 15 is 0 Å². The average molecular weight is 212 g/mol.